The first-order valence-electron chi connectivity index (χ1n) is 6.48. The Labute approximate surface area is 104 Å². The summed E-state index contributed by atoms with van der Waals surface area (Å²) in [6.07, 6.45) is 2.64. The molecule has 1 aliphatic heterocycles. The van der Waals surface area contributed by atoms with Gasteiger partial charge < -0.3 is 15.5 Å². The summed E-state index contributed by atoms with van der Waals surface area (Å²) in [6.45, 7) is 3.40. The van der Waals surface area contributed by atoms with Crippen molar-refractivity contribution in [3.8, 4) is 0 Å². The van der Waals surface area contributed by atoms with Crippen LogP contribution in [0.3, 0.4) is 0 Å². The number of piperidine rings is 1. The normalized spacial score (nSPS) is 20.0. The number of anilines is 2. The Kier molecular flexibility index (Phi) is 4.26. The van der Waals surface area contributed by atoms with E-state index in [0.29, 0.717) is 0 Å². The molecule has 1 atom stereocenters. The minimum atomic E-state index is 0.763. The molecule has 1 unspecified atom stereocenters. The molecule has 1 fully saturated rings. The highest BCUT2D eigenvalue weighted by atomic mass is 15.1. The summed E-state index contributed by atoms with van der Waals surface area (Å²) in [5.74, 6) is 0.763. The van der Waals surface area contributed by atoms with Gasteiger partial charge in [0.1, 0.15) is 0 Å². The predicted octanol–water partition coefficient (Wildman–Crippen LogP) is 2.16. The van der Waals surface area contributed by atoms with E-state index in [2.05, 4.69) is 53.9 Å². The molecule has 1 aromatic carbocycles. The smallest absolute Gasteiger partial charge is 0.0596 e. The maximum absolute atomic E-state index is 3.58. The third-order valence-electron chi connectivity index (χ3n) is 3.37. The molecule has 2 N–H and O–H groups in total. The maximum Gasteiger partial charge on any atom is 0.0596 e. The van der Waals surface area contributed by atoms with Crippen LogP contribution in [-0.4, -0.2) is 33.7 Å². The van der Waals surface area contributed by atoms with Crippen LogP contribution in [0.5, 0.6) is 0 Å². The van der Waals surface area contributed by atoms with Gasteiger partial charge in [-0.1, -0.05) is 12.1 Å². The highest BCUT2D eigenvalue weighted by Crippen LogP contribution is 2.24. The summed E-state index contributed by atoms with van der Waals surface area (Å²) in [6, 6.07) is 8.49. The maximum atomic E-state index is 3.58. The first-order chi connectivity index (χ1) is 8.27. The average Bonchev–Trinajstić information content (AvgIpc) is 2.38. The predicted molar refractivity (Wildman–Crippen MR) is 74.9 cm³/mol. The lowest BCUT2D eigenvalue weighted by Gasteiger charge is -2.25. The molecule has 1 aromatic rings. The Morgan fingerprint density at radius 1 is 1.35 bits per heavy atom. The molecule has 0 saturated carbocycles. The van der Waals surface area contributed by atoms with Crippen molar-refractivity contribution in [3.63, 3.8) is 0 Å². The molecule has 3 heteroatoms. The molecule has 94 valence electrons. The number of nitrogens with zero attached hydrogens (tertiary/aromatic N) is 1. The van der Waals surface area contributed by atoms with E-state index in [1.165, 1.54) is 30.8 Å². The zero-order valence-electron chi connectivity index (χ0n) is 10.9. The van der Waals surface area contributed by atoms with Crippen molar-refractivity contribution in [3.05, 3.63) is 24.3 Å². The van der Waals surface area contributed by atoms with Crippen molar-refractivity contribution in [1.29, 1.82) is 0 Å². The van der Waals surface area contributed by atoms with Gasteiger partial charge in [0.15, 0.2) is 0 Å². The van der Waals surface area contributed by atoms with Crippen molar-refractivity contribution < 1.29 is 0 Å². The lowest BCUT2D eigenvalue weighted by atomic mass is 9.99. The average molecular weight is 233 g/mol. The van der Waals surface area contributed by atoms with Crippen LogP contribution >= 0.6 is 0 Å². The van der Waals surface area contributed by atoms with Crippen LogP contribution in [0.15, 0.2) is 24.3 Å². The van der Waals surface area contributed by atoms with Crippen LogP contribution in [0, 0.1) is 5.92 Å². The fourth-order valence-corrected chi connectivity index (χ4v) is 2.37. The van der Waals surface area contributed by atoms with Crippen LogP contribution in [-0.2, 0) is 0 Å². The quantitative estimate of drug-likeness (QED) is 0.834. The second kappa shape index (κ2) is 5.92. The van der Waals surface area contributed by atoms with Crippen LogP contribution in [0.4, 0.5) is 11.4 Å². The summed E-state index contributed by atoms with van der Waals surface area (Å²) >= 11 is 0. The highest BCUT2D eigenvalue weighted by Gasteiger charge is 2.13. The summed E-state index contributed by atoms with van der Waals surface area (Å²) in [5, 5.41) is 7.04. The van der Waals surface area contributed by atoms with E-state index in [-0.39, 0.29) is 0 Å². The van der Waals surface area contributed by atoms with Gasteiger partial charge in [0.25, 0.3) is 0 Å². The van der Waals surface area contributed by atoms with Gasteiger partial charge in [0.05, 0.1) is 11.4 Å². The Balaban J connectivity index is 1.93. The number of para-hydroxylation sites is 2. The Hall–Kier alpha value is -1.22. The van der Waals surface area contributed by atoms with Gasteiger partial charge in [-0.05, 0) is 44.0 Å². The molecule has 17 heavy (non-hydrogen) atoms. The van der Waals surface area contributed by atoms with Crippen molar-refractivity contribution in [2.24, 2.45) is 5.92 Å². The molecular weight excluding hydrogens is 210 g/mol. The first-order valence-corrected chi connectivity index (χ1v) is 6.48. The van der Waals surface area contributed by atoms with E-state index in [1.807, 2.05) is 0 Å². The van der Waals surface area contributed by atoms with Crippen molar-refractivity contribution in [2.75, 3.05) is 43.9 Å². The first kappa shape index (κ1) is 12.2. The molecule has 0 aromatic heterocycles. The molecule has 0 radical (unpaired) electrons. The molecule has 0 aliphatic carbocycles. The lowest BCUT2D eigenvalue weighted by Crippen LogP contribution is -2.33. The zero-order valence-corrected chi connectivity index (χ0v) is 10.9. The van der Waals surface area contributed by atoms with Gasteiger partial charge in [-0.25, -0.2) is 0 Å². The lowest BCUT2D eigenvalue weighted by molar-refractivity contribution is 0.393. The molecule has 0 bridgehead atoms. The Morgan fingerprint density at radius 2 is 2.18 bits per heavy atom. The zero-order chi connectivity index (χ0) is 12.1. The van der Waals surface area contributed by atoms with Gasteiger partial charge in [-0.15, -0.1) is 0 Å². The third-order valence-corrected chi connectivity index (χ3v) is 3.37. The van der Waals surface area contributed by atoms with E-state index in [9.17, 15) is 0 Å². The second-order valence-corrected chi connectivity index (χ2v) is 5.00. The molecular formula is C14H23N3. The van der Waals surface area contributed by atoms with E-state index >= 15 is 0 Å². The number of hydrogen-bond acceptors (Lipinski definition) is 3. The molecule has 2 rings (SSSR count). The Morgan fingerprint density at radius 3 is 2.88 bits per heavy atom. The Bertz CT molecular complexity index is 343. The molecule has 1 heterocycles. The molecule has 1 aliphatic rings. The largest absolute Gasteiger partial charge is 0.383 e. The number of benzene rings is 1. The van der Waals surface area contributed by atoms with Gasteiger partial charge in [0, 0.05) is 20.6 Å². The molecule has 0 spiro atoms. The minimum absolute atomic E-state index is 0.763. The summed E-state index contributed by atoms with van der Waals surface area (Å²) in [7, 11) is 4.17. The van der Waals surface area contributed by atoms with Crippen LogP contribution in [0.2, 0.25) is 0 Å². The van der Waals surface area contributed by atoms with Gasteiger partial charge >= 0.3 is 0 Å². The van der Waals surface area contributed by atoms with E-state index in [4.69, 9.17) is 0 Å². The third kappa shape index (κ3) is 3.37. The number of nitrogens with one attached hydrogen (secondary N) is 2. The summed E-state index contributed by atoms with van der Waals surface area (Å²) in [4.78, 5) is 2.15. The fraction of sp³-hybridized carbons (Fsp3) is 0.571. The summed E-state index contributed by atoms with van der Waals surface area (Å²) < 4.78 is 0. The SMILES string of the molecule is CN(C)c1ccccc1NCC1CCCNC1. The molecule has 3 nitrogen and oxygen atoms in total. The van der Waals surface area contributed by atoms with E-state index in [0.717, 1.165) is 19.0 Å². The van der Waals surface area contributed by atoms with Gasteiger partial charge in [0.2, 0.25) is 0 Å². The van der Waals surface area contributed by atoms with Crippen molar-refractivity contribution >= 4 is 11.4 Å². The van der Waals surface area contributed by atoms with E-state index < -0.39 is 0 Å². The fourth-order valence-electron chi connectivity index (χ4n) is 2.37. The second-order valence-electron chi connectivity index (χ2n) is 5.00. The molecule has 0 amide bonds. The molecule has 1 saturated heterocycles. The van der Waals surface area contributed by atoms with E-state index in [1.54, 1.807) is 0 Å². The number of hydrogen-bond donors (Lipinski definition) is 2. The van der Waals surface area contributed by atoms with Crippen molar-refractivity contribution in [2.45, 2.75) is 12.8 Å². The van der Waals surface area contributed by atoms with Gasteiger partial charge in [-0.2, -0.15) is 0 Å². The highest BCUT2D eigenvalue weighted by molar-refractivity contribution is 5.69. The topological polar surface area (TPSA) is 27.3 Å². The van der Waals surface area contributed by atoms with Crippen molar-refractivity contribution in [1.82, 2.24) is 5.32 Å². The van der Waals surface area contributed by atoms with Crippen LogP contribution in [0.1, 0.15) is 12.8 Å². The minimum Gasteiger partial charge on any atom is -0.383 e. The van der Waals surface area contributed by atoms with Gasteiger partial charge in [-0.3, -0.25) is 0 Å². The summed E-state index contributed by atoms with van der Waals surface area (Å²) in [5.41, 5.74) is 2.50. The van der Waals surface area contributed by atoms with Crippen LogP contribution in [0.25, 0.3) is 0 Å². The standard InChI is InChI=1S/C14H23N3/c1-17(2)14-8-4-3-7-13(14)16-11-12-6-5-9-15-10-12/h3-4,7-8,12,15-16H,5-6,9-11H2,1-2H3. The van der Waals surface area contributed by atoms with Crippen LogP contribution < -0.4 is 15.5 Å². The number of rotatable bonds is 4. The monoisotopic (exact) mass is 233 g/mol.